The van der Waals surface area contributed by atoms with E-state index in [1.807, 2.05) is 4.72 Å². The SMILES string of the molecule is C#CC(C=C)C(N)C(=O)NS(=O)(=O)C1CC1. The fraction of sp³-hybridized carbons (Fsp3) is 0.500. The zero-order valence-corrected chi connectivity index (χ0v) is 9.53. The number of carbonyl (C=O) groups excluding carboxylic acids is 1. The van der Waals surface area contributed by atoms with Crippen molar-refractivity contribution in [1.82, 2.24) is 4.72 Å². The van der Waals surface area contributed by atoms with E-state index in [0.717, 1.165) is 0 Å². The first-order chi connectivity index (χ1) is 7.42. The molecule has 3 N–H and O–H groups in total. The van der Waals surface area contributed by atoms with Gasteiger partial charge in [-0.15, -0.1) is 13.0 Å². The van der Waals surface area contributed by atoms with Crippen LogP contribution in [0.4, 0.5) is 0 Å². The van der Waals surface area contributed by atoms with Gasteiger partial charge in [0, 0.05) is 0 Å². The number of carbonyl (C=O) groups is 1. The maximum atomic E-state index is 11.5. The van der Waals surface area contributed by atoms with Crippen LogP contribution >= 0.6 is 0 Å². The van der Waals surface area contributed by atoms with Crippen LogP contribution in [0.3, 0.4) is 0 Å². The summed E-state index contributed by atoms with van der Waals surface area (Å²) >= 11 is 0. The van der Waals surface area contributed by atoms with Crippen molar-refractivity contribution in [2.45, 2.75) is 24.1 Å². The monoisotopic (exact) mass is 242 g/mol. The van der Waals surface area contributed by atoms with Crippen LogP contribution in [0.25, 0.3) is 0 Å². The maximum Gasteiger partial charge on any atom is 0.251 e. The van der Waals surface area contributed by atoms with Crippen molar-refractivity contribution in [2.24, 2.45) is 11.7 Å². The molecular weight excluding hydrogens is 228 g/mol. The molecule has 2 atom stereocenters. The highest BCUT2D eigenvalue weighted by Crippen LogP contribution is 2.27. The molecule has 6 heteroatoms. The highest BCUT2D eigenvalue weighted by atomic mass is 32.2. The third-order valence-electron chi connectivity index (χ3n) is 2.34. The molecular formula is C10H14N2O3S. The number of terminal acetylenes is 1. The van der Waals surface area contributed by atoms with Crippen LogP contribution in [0.15, 0.2) is 12.7 Å². The smallest absolute Gasteiger partial charge is 0.251 e. The number of sulfonamides is 1. The van der Waals surface area contributed by atoms with Gasteiger partial charge >= 0.3 is 0 Å². The lowest BCUT2D eigenvalue weighted by atomic mass is 10.0. The van der Waals surface area contributed by atoms with E-state index in [9.17, 15) is 13.2 Å². The van der Waals surface area contributed by atoms with E-state index in [0.29, 0.717) is 12.8 Å². The Morgan fingerprint density at radius 1 is 1.62 bits per heavy atom. The van der Waals surface area contributed by atoms with Crippen molar-refractivity contribution in [1.29, 1.82) is 0 Å². The average molecular weight is 242 g/mol. The molecule has 0 spiro atoms. The lowest BCUT2D eigenvalue weighted by Gasteiger charge is -2.15. The predicted molar refractivity (Wildman–Crippen MR) is 60.6 cm³/mol. The summed E-state index contributed by atoms with van der Waals surface area (Å²) in [5, 5.41) is -0.461. The molecule has 0 aromatic carbocycles. The molecule has 1 fully saturated rings. The average Bonchev–Trinajstić information content (AvgIpc) is 3.01. The van der Waals surface area contributed by atoms with Crippen molar-refractivity contribution in [3.63, 3.8) is 0 Å². The third kappa shape index (κ3) is 2.84. The number of nitrogens with two attached hydrogens (primary N) is 1. The summed E-state index contributed by atoms with van der Waals surface area (Å²) < 4.78 is 24.8. The van der Waals surface area contributed by atoms with E-state index in [-0.39, 0.29) is 0 Å². The molecule has 1 aliphatic carbocycles. The second-order valence-electron chi connectivity index (χ2n) is 3.66. The van der Waals surface area contributed by atoms with Crippen molar-refractivity contribution in [3.8, 4) is 12.3 Å². The molecule has 0 radical (unpaired) electrons. The topological polar surface area (TPSA) is 89.3 Å². The lowest BCUT2D eigenvalue weighted by molar-refractivity contribution is -0.121. The van der Waals surface area contributed by atoms with Gasteiger partial charge < -0.3 is 5.73 Å². The van der Waals surface area contributed by atoms with Gasteiger partial charge in [-0.1, -0.05) is 12.0 Å². The quantitative estimate of drug-likeness (QED) is 0.495. The molecule has 0 aromatic heterocycles. The van der Waals surface area contributed by atoms with Crippen molar-refractivity contribution >= 4 is 15.9 Å². The Balaban J connectivity index is 2.65. The van der Waals surface area contributed by atoms with E-state index >= 15 is 0 Å². The summed E-state index contributed by atoms with van der Waals surface area (Å²) in [5.74, 6) is 0.810. The molecule has 0 heterocycles. The standard InChI is InChI=1S/C10H14N2O3S/c1-3-7(4-2)9(11)10(13)12-16(14,15)8-5-6-8/h1,4,7-9H,2,5-6,11H2,(H,12,13). The van der Waals surface area contributed by atoms with Gasteiger partial charge in [-0.25, -0.2) is 8.42 Å². The molecule has 1 saturated carbocycles. The maximum absolute atomic E-state index is 11.5. The number of hydrogen-bond donors (Lipinski definition) is 2. The van der Waals surface area contributed by atoms with Crippen LogP contribution in [0, 0.1) is 18.3 Å². The minimum atomic E-state index is -3.56. The molecule has 88 valence electrons. The largest absolute Gasteiger partial charge is 0.319 e. The second-order valence-corrected chi connectivity index (χ2v) is 5.63. The first kappa shape index (κ1) is 12.7. The van der Waals surface area contributed by atoms with E-state index in [1.165, 1.54) is 6.08 Å². The highest BCUT2D eigenvalue weighted by Gasteiger charge is 2.38. The summed E-state index contributed by atoms with van der Waals surface area (Å²) in [4.78, 5) is 11.5. The molecule has 0 aliphatic heterocycles. The molecule has 1 rings (SSSR count). The summed E-state index contributed by atoms with van der Waals surface area (Å²) in [6, 6.07) is -1.09. The van der Waals surface area contributed by atoms with Gasteiger partial charge in [-0.05, 0) is 12.8 Å². The van der Waals surface area contributed by atoms with Gasteiger partial charge in [-0.3, -0.25) is 9.52 Å². The van der Waals surface area contributed by atoms with Crippen molar-refractivity contribution in [3.05, 3.63) is 12.7 Å². The first-order valence-corrected chi connectivity index (χ1v) is 6.36. The normalized spacial score (nSPS) is 19.2. The zero-order chi connectivity index (χ0) is 12.3. The summed E-state index contributed by atoms with van der Waals surface area (Å²) in [6.07, 6.45) is 7.63. The van der Waals surface area contributed by atoms with Crippen LogP contribution in [-0.4, -0.2) is 25.6 Å². The molecule has 2 unspecified atom stereocenters. The minimum absolute atomic E-state index is 0.461. The molecule has 0 bridgehead atoms. The van der Waals surface area contributed by atoms with E-state index in [4.69, 9.17) is 12.2 Å². The number of amides is 1. The van der Waals surface area contributed by atoms with E-state index in [1.54, 1.807) is 0 Å². The van der Waals surface area contributed by atoms with Gasteiger partial charge in [0.1, 0.15) is 6.04 Å². The van der Waals surface area contributed by atoms with Gasteiger partial charge in [0.15, 0.2) is 0 Å². The summed E-state index contributed by atoms with van der Waals surface area (Å²) in [5.41, 5.74) is 5.52. The Kier molecular flexibility index (Phi) is 3.73. The van der Waals surface area contributed by atoms with Crippen LogP contribution in [0.5, 0.6) is 0 Å². The Labute approximate surface area is 95.1 Å². The minimum Gasteiger partial charge on any atom is -0.319 e. The van der Waals surface area contributed by atoms with E-state index in [2.05, 4.69) is 12.5 Å². The van der Waals surface area contributed by atoms with Gasteiger partial charge in [-0.2, -0.15) is 0 Å². The Morgan fingerprint density at radius 2 is 2.19 bits per heavy atom. The summed E-state index contributed by atoms with van der Waals surface area (Å²) in [7, 11) is -3.56. The summed E-state index contributed by atoms with van der Waals surface area (Å²) in [6.45, 7) is 3.43. The van der Waals surface area contributed by atoms with Gasteiger partial charge in [0.05, 0.1) is 11.2 Å². The third-order valence-corrected chi connectivity index (χ3v) is 4.18. The molecule has 5 nitrogen and oxygen atoms in total. The Morgan fingerprint density at radius 3 is 2.56 bits per heavy atom. The lowest BCUT2D eigenvalue weighted by Crippen LogP contribution is -2.47. The first-order valence-electron chi connectivity index (χ1n) is 4.82. The highest BCUT2D eigenvalue weighted by molar-refractivity contribution is 7.90. The second kappa shape index (κ2) is 4.68. The van der Waals surface area contributed by atoms with Crippen LogP contribution in [-0.2, 0) is 14.8 Å². The Hall–Kier alpha value is -1.32. The predicted octanol–water partition coefficient (Wildman–Crippen LogP) is -0.642. The Bertz CT molecular complexity index is 431. The van der Waals surface area contributed by atoms with Gasteiger partial charge in [0.2, 0.25) is 10.0 Å². The van der Waals surface area contributed by atoms with Crippen molar-refractivity contribution < 1.29 is 13.2 Å². The van der Waals surface area contributed by atoms with Gasteiger partial charge in [0.25, 0.3) is 5.91 Å². The van der Waals surface area contributed by atoms with E-state index < -0.39 is 33.1 Å². The molecule has 0 saturated heterocycles. The molecule has 0 aromatic rings. The number of rotatable bonds is 5. The molecule has 1 aliphatic rings. The zero-order valence-electron chi connectivity index (χ0n) is 8.72. The fourth-order valence-electron chi connectivity index (χ4n) is 1.15. The van der Waals surface area contributed by atoms with Crippen LogP contribution < -0.4 is 10.5 Å². The molecule has 16 heavy (non-hydrogen) atoms. The fourth-order valence-corrected chi connectivity index (χ4v) is 2.49. The number of hydrogen-bond acceptors (Lipinski definition) is 4. The van der Waals surface area contributed by atoms with Crippen molar-refractivity contribution in [2.75, 3.05) is 0 Å². The van der Waals surface area contributed by atoms with Crippen LogP contribution in [0.2, 0.25) is 0 Å². The number of nitrogens with one attached hydrogen (secondary N) is 1. The van der Waals surface area contributed by atoms with Crippen LogP contribution in [0.1, 0.15) is 12.8 Å². The molecule has 1 amide bonds.